The van der Waals surface area contributed by atoms with Crippen molar-refractivity contribution in [2.24, 2.45) is 0 Å². The molecule has 1 heterocycles. The van der Waals surface area contributed by atoms with Crippen molar-refractivity contribution in [3.63, 3.8) is 0 Å². The lowest BCUT2D eigenvalue weighted by molar-refractivity contribution is 0.833. The summed E-state index contributed by atoms with van der Waals surface area (Å²) in [4.78, 5) is 4.06. The Bertz CT molecular complexity index is 212. The van der Waals surface area contributed by atoms with Gasteiger partial charge in [-0.15, -0.1) is 11.3 Å². The number of hydrogen-bond donors (Lipinski definition) is 1. The number of nitrogens with zero attached hydrogens (tertiary/aromatic N) is 1. The van der Waals surface area contributed by atoms with E-state index in [9.17, 15) is 0 Å². The van der Waals surface area contributed by atoms with Crippen molar-refractivity contribution in [2.75, 3.05) is 11.9 Å². The van der Waals surface area contributed by atoms with E-state index >= 15 is 0 Å². The highest BCUT2D eigenvalue weighted by molar-refractivity contribution is 7.14. The first kappa shape index (κ1) is 8.81. The highest BCUT2D eigenvalue weighted by Crippen LogP contribution is 2.18. The third-order valence-corrected chi connectivity index (χ3v) is 2.41. The van der Waals surface area contributed by atoms with Gasteiger partial charge in [0.25, 0.3) is 0 Å². The van der Waals surface area contributed by atoms with Crippen LogP contribution in [0.15, 0.2) is 5.38 Å². The van der Waals surface area contributed by atoms with Crippen molar-refractivity contribution < 1.29 is 0 Å². The lowest BCUT2D eigenvalue weighted by Crippen LogP contribution is -1.99. The minimum absolute atomic E-state index is 0.578. The van der Waals surface area contributed by atoms with E-state index in [-0.39, 0.29) is 0 Å². The smallest absolute Gasteiger partial charge is 0.184 e. The summed E-state index contributed by atoms with van der Waals surface area (Å²) in [6.07, 6.45) is 2.38. The third kappa shape index (κ3) is 3.08. The molecule has 0 aromatic carbocycles. The molecule has 1 aromatic heterocycles. The van der Waals surface area contributed by atoms with Crippen LogP contribution in [0.4, 0.5) is 5.13 Å². The van der Waals surface area contributed by atoms with Crippen LogP contribution in [0.5, 0.6) is 0 Å². The Morgan fingerprint density at radius 2 is 2.55 bits per heavy atom. The van der Waals surface area contributed by atoms with E-state index in [2.05, 4.69) is 17.2 Å². The van der Waals surface area contributed by atoms with Gasteiger partial charge in [-0.3, -0.25) is 0 Å². The summed E-state index contributed by atoms with van der Waals surface area (Å²) in [7, 11) is 0. The lowest BCUT2D eigenvalue weighted by atomic mass is 10.3. The fourth-order valence-corrected chi connectivity index (χ4v) is 1.57. The number of thiazole rings is 1. The molecule has 0 amide bonds. The van der Waals surface area contributed by atoms with E-state index < -0.39 is 0 Å². The zero-order valence-corrected chi connectivity index (χ0v) is 8.00. The number of aromatic nitrogens is 1. The maximum absolute atomic E-state index is 5.63. The molecule has 0 spiro atoms. The number of unbranched alkanes of at least 4 members (excludes halogenated alkanes) is 1. The Morgan fingerprint density at radius 3 is 3.09 bits per heavy atom. The van der Waals surface area contributed by atoms with Crippen molar-refractivity contribution in [2.45, 2.75) is 19.8 Å². The molecule has 0 atom stereocenters. The quantitative estimate of drug-likeness (QED) is 0.739. The molecule has 2 nitrogen and oxygen atoms in total. The molecule has 11 heavy (non-hydrogen) atoms. The zero-order chi connectivity index (χ0) is 8.10. The average molecular weight is 191 g/mol. The third-order valence-electron chi connectivity index (χ3n) is 1.28. The monoisotopic (exact) mass is 190 g/mol. The van der Waals surface area contributed by atoms with Gasteiger partial charge >= 0.3 is 0 Å². The Morgan fingerprint density at radius 1 is 1.73 bits per heavy atom. The van der Waals surface area contributed by atoms with Crippen LogP contribution < -0.4 is 5.32 Å². The summed E-state index contributed by atoms with van der Waals surface area (Å²) in [5, 5.41) is 6.52. The van der Waals surface area contributed by atoms with E-state index in [0.29, 0.717) is 5.15 Å². The van der Waals surface area contributed by atoms with Crippen molar-refractivity contribution >= 4 is 28.1 Å². The molecule has 0 aliphatic rings. The minimum Gasteiger partial charge on any atom is -0.361 e. The van der Waals surface area contributed by atoms with Gasteiger partial charge in [0.2, 0.25) is 0 Å². The van der Waals surface area contributed by atoms with E-state index in [1.807, 2.05) is 5.38 Å². The van der Waals surface area contributed by atoms with Crippen LogP contribution in [-0.2, 0) is 0 Å². The molecular formula is C7H11ClN2S. The molecule has 0 saturated carbocycles. The van der Waals surface area contributed by atoms with Crippen molar-refractivity contribution in [1.29, 1.82) is 0 Å². The second-order valence-corrected chi connectivity index (χ2v) is 3.50. The molecule has 0 unspecified atom stereocenters. The van der Waals surface area contributed by atoms with Gasteiger partial charge in [0, 0.05) is 11.9 Å². The summed E-state index contributed by atoms with van der Waals surface area (Å²) in [5.41, 5.74) is 0. The zero-order valence-electron chi connectivity index (χ0n) is 6.43. The van der Waals surface area contributed by atoms with Gasteiger partial charge in [-0.2, -0.15) is 0 Å². The van der Waals surface area contributed by atoms with Gasteiger partial charge in [-0.05, 0) is 6.42 Å². The molecule has 62 valence electrons. The van der Waals surface area contributed by atoms with Gasteiger partial charge in [0.1, 0.15) is 5.15 Å². The summed E-state index contributed by atoms with van der Waals surface area (Å²) in [6.45, 7) is 3.15. The summed E-state index contributed by atoms with van der Waals surface area (Å²) in [5.74, 6) is 0. The molecular weight excluding hydrogens is 180 g/mol. The van der Waals surface area contributed by atoms with Gasteiger partial charge in [0.15, 0.2) is 5.13 Å². The first-order valence-electron chi connectivity index (χ1n) is 3.68. The van der Waals surface area contributed by atoms with Gasteiger partial charge < -0.3 is 5.32 Å². The fraction of sp³-hybridized carbons (Fsp3) is 0.571. The van der Waals surface area contributed by atoms with Crippen molar-refractivity contribution in [3.05, 3.63) is 10.5 Å². The van der Waals surface area contributed by atoms with Gasteiger partial charge in [0.05, 0.1) is 0 Å². The average Bonchev–Trinajstić information content (AvgIpc) is 2.37. The second kappa shape index (κ2) is 4.57. The van der Waals surface area contributed by atoms with Gasteiger partial charge in [-0.25, -0.2) is 4.98 Å². The van der Waals surface area contributed by atoms with Crippen LogP contribution in [-0.4, -0.2) is 11.5 Å². The van der Waals surface area contributed by atoms with E-state index in [1.165, 1.54) is 12.8 Å². The number of rotatable bonds is 4. The Balaban J connectivity index is 2.27. The highest BCUT2D eigenvalue weighted by atomic mass is 35.5. The summed E-state index contributed by atoms with van der Waals surface area (Å²) in [6, 6.07) is 0. The maximum Gasteiger partial charge on any atom is 0.184 e. The minimum atomic E-state index is 0.578. The largest absolute Gasteiger partial charge is 0.361 e. The standard InChI is InChI=1S/C7H11ClN2S/c1-2-3-4-9-7-10-6(8)5-11-7/h5H,2-4H2,1H3,(H,9,10). The Kier molecular flexibility index (Phi) is 3.66. The molecule has 1 aromatic rings. The number of nitrogens with one attached hydrogen (secondary N) is 1. The number of halogens is 1. The lowest BCUT2D eigenvalue weighted by Gasteiger charge is -1.98. The van der Waals surface area contributed by atoms with Crippen molar-refractivity contribution in [1.82, 2.24) is 4.98 Å². The normalized spacial score (nSPS) is 10.0. The number of anilines is 1. The molecule has 1 N–H and O–H groups in total. The first-order chi connectivity index (χ1) is 5.33. The second-order valence-electron chi connectivity index (χ2n) is 2.26. The van der Waals surface area contributed by atoms with E-state index in [1.54, 1.807) is 11.3 Å². The first-order valence-corrected chi connectivity index (χ1v) is 4.93. The van der Waals surface area contributed by atoms with E-state index in [4.69, 9.17) is 11.6 Å². The fourth-order valence-electron chi connectivity index (χ4n) is 0.707. The molecule has 0 radical (unpaired) electrons. The van der Waals surface area contributed by atoms with Crippen LogP contribution in [0.1, 0.15) is 19.8 Å². The Hall–Kier alpha value is -0.280. The maximum atomic E-state index is 5.63. The highest BCUT2D eigenvalue weighted by Gasteiger charge is 1.96. The molecule has 0 aliphatic carbocycles. The van der Waals surface area contributed by atoms with Crippen LogP contribution in [0, 0.1) is 0 Å². The van der Waals surface area contributed by atoms with Crippen LogP contribution in [0.25, 0.3) is 0 Å². The number of hydrogen-bond acceptors (Lipinski definition) is 3. The molecule has 0 saturated heterocycles. The van der Waals surface area contributed by atoms with Gasteiger partial charge in [-0.1, -0.05) is 24.9 Å². The predicted molar refractivity (Wildman–Crippen MR) is 50.5 cm³/mol. The molecule has 0 fully saturated rings. The topological polar surface area (TPSA) is 24.9 Å². The van der Waals surface area contributed by atoms with Crippen LogP contribution >= 0.6 is 22.9 Å². The van der Waals surface area contributed by atoms with Crippen LogP contribution in [0.2, 0.25) is 5.15 Å². The summed E-state index contributed by atoms with van der Waals surface area (Å²) >= 11 is 7.18. The van der Waals surface area contributed by atoms with Crippen molar-refractivity contribution in [3.8, 4) is 0 Å². The molecule has 1 rings (SSSR count). The predicted octanol–water partition coefficient (Wildman–Crippen LogP) is 3.01. The van der Waals surface area contributed by atoms with E-state index in [0.717, 1.165) is 11.7 Å². The summed E-state index contributed by atoms with van der Waals surface area (Å²) < 4.78 is 0. The Labute approximate surface area is 75.6 Å². The molecule has 4 heteroatoms. The molecule has 0 aliphatic heterocycles. The molecule has 0 bridgehead atoms. The van der Waals surface area contributed by atoms with Crippen LogP contribution in [0.3, 0.4) is 0 Å². The SMILES string of the molecule is CCCCNc1nc(Cl)cs1.